The third-order valence-electron chi connectivity index (χ3n) is 3.86. The van der Waals surface area contributed by atoms with Crippen LogP contribution in [0.25, 0.3) is 0 Å². The summed E-state index contributed by atoms with van der Waals surface area (Å²) >= 11 is 11.7. The van der Waals surface area contributed by atoms with E-state index in [9.17, 15) is 0 Å². The maximum absolute atomic E-state index is 6.26. The zero-order chi connectivity index (χ0) is 15.7. The quantitative estimate of drug-likeness (QED) is 0.841. The van der Waals surface area contributed by atoms with E-state index in [1.165, 1.54) is 0 Å². The molecule has 0 amide bonds. The van der Waals surface area contributed by atoms with Gasteiger partial charge in [0.25, 0.3) is 0 Å². The van der Waals surface area contributed by atoms with E-state index < -0.39 is 0 Å². The second-order valence-electron chi connectivity index (χ2n) is 5.26. The molecule has 0 radical (unpaired) electrons. The van der Waals surface area contributed by atoms with Crippen LogP contribution >= 0.6 is 23.8 Å². The predicted octanol–water partition coefficient (Wildman–Crippen LogP) is 2.89. The lowest BCUT2D eigenvalue weighted by molar-refractivity contribution is 0.220. The third-order valence-corrected chi connectivity index (χ3v) is 4.46. The van der Waals surface area contributed by atoms with Crippen LogP contribution < -0.4 is 15.2 Å². The lowest BCUT2D eigenvalue weighted by Gasteiger charge is -2.28. The van der Waals surface area contributed by atoms with Gasteiger partial charge in [-0.1, -0.05) is 11.6 Å². The van der Waals surface area contributed by atoms with Crippen molar-refractivity contribution >= 4 is 23.8 Å². The molecule has 118 valence electrons. The summed E-state index contributed by atoms with van der Waals surface area (Å²) in [5, 5.41) is 0.577. The molecule has 3 rings (SSSR count). The van der Waals surface area contributed by atoms with Crippen LogP contribution in [0.4, 0.5) is 0 Å². The molecule has 0 spiro atoms. The van der Waals surface area contributed by atoms with E-state index in [4.69, 9.17) is 39.0 Å². The second-order valence-corrected chi connectivity index (χ2v) is 6.05. The van der Waals surface area contributed by atoms with Crippen molar-refractivity contribution in [2.24, 2.45) is 5.73 Å². The van der Waals surface area contributed by atoms with Crippen molar-refractivity contribution in [3.63, 3.8) is 0 Å². The third kappa shape index (κ3) is 2.74. The highest BCUT2D eigenvalue weighted by molar-refractivity contribution is 7.71. The highest BCUT2D eigenvalue weighted by Crippen LogP contribution is 2.39. The Morgan fingerprint density at radius 1 is 1.55 bits per heavy atom. The summed E-state index contributed by atoms with van der Waals surface area (Å²) in [5.74, 6) is 1.47. The van der Waals surface area contributed by atoms with E-state index in [-0.39, 0.29) is 6.04 Å². The van der Waals surface area contributed by atoms with Crippen LogP contribution in [0.15, 0.2) is 18.3 Å². The molecule has 7 heteroatoms. The summed E-state index contributed by atoms with van der Waals surface area (Å²) in [4.78, 5) is 3.09. The van der Waals surface area contributed by atoms with Gasteiger partial charge in [-0.15, -0.1) is 0 Å². The molecule has 2 aromatic rings. The Bertz CT molecular complexity index is 741. The highest BCUT2D eigenvalue weighted by Gasteiger charge is 2.26. The first-order chi connectivity index (χ1) is 10.6. The molecule has 2 heterocycles. The molecular weight excluding hydrogens is 322 g/mol. The van der Waals surface area contributed by atoms with Gasteiger partial charge in [0.1, 0.15) is 18.1 Å². The number of fused-ring (bicyclic) bond motifs is 1. The van der Waals surface area contributed by atoms with Crippen molar-refractivity contribution in [2.45, 2.75) is 18.9 Å². The molecule has 1 aliphatic heterocycles. The Hall–Kier alpha value is -1.50. The number of nitrogens with two attached hydrogens (primary N) is 1. The van der Waals surface area contributed by atoms with Crippen molar-refractivity contribution in [3.8, 4) is 11.5 Å². The van der Waals surface area contributed by atoms with E-state index in [0.717, 1.165) is 35.6 Å². The van der Waals surface area contributed by atoms with Crippen molar-refractivity contribution in [1.82, 2.24) is 9.55 Å². The normalized spacial score (nSPS) is 17.0. The molecule has 0 saturated heterocycles. The Balaban J connectivity index is 1.96. The van der Waals surface area contributed by atoms with Crippen molar-refractivity contribution < 1.29 is 9.47 Å². The van der Waals surface area contributed by atoms with E-state index in [1.807, 2.05) is 12.3 Å². The summed E-state index contributed by atoms with van der Waals surface area (Å²) in [6.07, 6.45) is 3.48. The maximum atomic E-state index is 6.26. The second kappa shape index (κ2) is 6.32. The molecule has 0 aliphatic carbocycles. The number of nitrogens with one attached hydrogen (secondary N) is 1. The minimum Gasteiger partial charge on any atom is -0.497 e. The number of H-pyrrole nitrogens is 1. The van der Waals surface area contributed by atoms with Gasteiger partial charge in [-0.3, -0.25) is 0 Å². The number of nitrogens with zero attached hydrogens (tertiary/aromatic N) is 1. The molecular formula is C15H18ClN3O2S. The standard InChI is InChI=1S/C15H18ClN3O2S/c1-20-12-5-9-4-11(8-21-14(9)13(16)6-12)19-10(2-3-17)7-18-15(19)22/h5-7,11H,2-4,8,17H2,1H3,(H,18,22)/t11-/m1/s1. The van der Waals surface area contributed by atoms with Crippen LogP contribution in [-0.4, -0.2) is 29.8 Å². The fourth-order valence-electron chi connectivity index (χ4n) is 2.87. The Kier molecular flexibility index (Phi) is 4.42. The zero-order valence-electron chi connectivity index (χ0n) is 12.3. The predicted molar refractivity (Wildman–Crippen MR) is 88.6 cm³/mol. The molecule has 3 N–H and O–H groups in total. The van der Waals surface area contributed by atoms with Gasteiger partial charge in [-0.25, -0.2) is 0 Å². The van der Waals surface area contributed by atoms with Gasteiger partial charge in [0, 0.05) is 36.4 Å². The maximum Gasteiger partial charge on any atom is 0.177 e. The van der Waals surface area contributed by atoms with Gasteiger partial charge < -0.3 is 24.8 Å². The van der Waals surface area contributed by atoms with Gasteiger partial charge in [0.2, 0.25) is 0 Å². The molecule has 1 aromatic carbocycles. The van der Waals surface area contributed by atoms with E-state index in [2.05, 4.69) is 9.55 Å². The van der Waals surface area contributed by atoms with Gasteiger partial charge >= 0.3 is 0 Å². The minimum absolute atomic E-state index is 0.121. The summed E-state index contributed by atoms with van der Waals surface area (Å²) in [5.41, 5.74) is 7.80. The highest BCUT2D eigenvalue weighted by atomic mass is 35.5. The Morgan fingerprint density at radius 2 is 2.36 bits per heavy atom. The molecule has 22 heavy (non-hydrogen) atoms. The number of imidazole rings is 1. The summed E-state index contributed by atoms with van der Waals surface area (Å²) in [6, 6.07) is 3.85. The molecule has 1 aliphatic rings. The van der Waals surface area contributed by atoms with Crippen LogP contribution in [-0.2, 0) is 12.8 Å². The number of halogens is 1. The van der Waals surface area contributed by atoms with Crippen LogP contribution in [0.2, 0.25) is 5.02 Å². The minimum atomic E-state index is 0.121. The lowest BCUT2D eigenvalue weighted by Crippen LogP contribution is -2.26. The van der Waals surface area contributed by atoms with Crippen LogP contribution in [0, 0.1) is 4.77 Å². The Labute approximate surface area is 139 Å². The first-order valence-electron chi connectivity index (χ1n) is 7.12. The smallest absolute Gasteiger partial charge is 0.177 e. The van der Waals surface area contributed by atoms with E-state index in [1.54, 1.807) is 13.2 Å². The molecule has 1 aromatic heterocycles. The monoisotopic (exact) mass is 339 g/mol. The first kappa shape index (κ1) is 15.4. The molecule has 0 fully saturated rings. The molecule has 1 atom stereocenters. The topological polar surface area (TPSA) is 65.2 Å². The summed E-state index contributed by atoms with van der Waals surface area (Å²) in [7, 11) is 1.63. The Morgan fingerprint density at radius 3 is 3.09 bits per heavy atom. The molecule has 0 saturated carbocycles. The van der Waals surface area contributed by atoms with Crippen LogP contribution in [0.1, 0.15) is 17.3 Å². The van der Waals surface area contributed by atoms with E-state index >= 15 is 0 Å². The largest absolute Gasteiger partial charge is 0.497 e. The van der Waals surface area contributed by atoms with Gasteiger partial charge in [-0.2, -0.15) is 0 Å². The average molecular weight is 340 g/mol. The summed E-state index contributed by atoms with van der Waals surface area (Å²) < 4.78 is 13.9. The van der Waals surface area contributed by atoms with Crippen molar-refractivity contribution in [1.29, 1.82) is 0 Å². The molecule has 5 nitrogen and oxygen atoms in total. The van der Waals surface area contributed by atoms with Gasteiger partial charge in [-0.05, 0) is 24.8 Å². The number of aromatic amines is 1. The number of hydrogen-bond donors (Lipinski definition) is 2. The van der Waals surface area contributed by atoms with Gasteiger partial charge in [0.15, 0.2) is 4.77 Å². The zero-order valence-corrected chi connectivity index (χ0v) is 13.8. The number of aromatic nitrogens is 2. The first-order valence-corrected chi connectivity index (χ1v) is 7.90. The fraction of sp³-hybridized carbons (Fsp3) is 0.400. The number of benzene rings is 1. The average Bonchev–Trinajstić information content (AvgIpc) is 2.87. The summed E-state index contributed by atoms with van der Waals surface area (Å²) in [6.45, 7) is 1.11. The SMILES string of the molecule is COc1cc(Cl)c2c(c1)C[C@@H](n1c(CCN)c[nH]c1=S)CO2. The van der Waals surface area contributed by atoms with Crippen molar-refractivity contribution in [2.75, 3.05) is 20.3 Å². The van der Waals surface area contributed by atoms with Gasteiger partial charge in [0.05, 0.1) is 18.2 Å². The number of methoxy groups -OCH3 is 1. The number of rotatable bonds is 4. The number of hydrogen-bond acceptors (Lipinski definition) is 4. The van der Waals surface area contributed by atoms with Crippen LogP contribution in [0.3, 0.4) is 0 Å². The molecule has 0 bridgehead atoms. The fourth-order valence-corrected chi connectivity index (χ4v) is 3.48. The number of ether oxygens (including phenoxy) is 2. The molecule has 0 unspecified atom stereocenters. The van der Waals surface area contributed by atoms with Crippen LogP contribution in [0.5, 0.6) is 11.5 Å². The van der Waals surface area contributed by atoms with Crippen molar-refractivity contribution in [3.05, 3.63) is 39.4 Å². The van der Waals surface area contributed by atoms with E-state index in [0.29, 0.717) is 22.9 Å². The lowest BCUT2D eigenvalue weighted by atomic mass is 10.0.